The Morgan fingerprint density at radius 1 is 0.967 bits per heavy atom. The number of benzene rings is 1. The van der Waals surface area contributed by atoms with Gasteiger partial charge in [-0.1, -0.05) is 50.5 Å². The van der Waals surface area contributed by atoms with Crippen LogP contribution < -0.4 is 15.4 Å². The van der Waals surface area contributed by atoms with Gasteiger partial charge < -0.3 is 40.2 Å². The van der Waals surface area contributed by atoms with Crippen molar-refractivity contribution in [2.45, 2.75) is 178 Å². The number of nitrogens with one attached hydrogen (secondary N) is 2. The van der Waals surface area contributed by atoms with Gasteiger partial charge in [-0.2, -0.15) is 0 Å². The number of piperidine rings is 2. The summed E-state index contributed by atoms with van der Waals surface area (Å²) in [7, 11) is 0. The summed E-state index contributed by atoms with van der Waals surface area (Å²) in [5, 5.41) is 40.3. The van der Waals surface area contributed by atoms with Crippen molar-refractivity contribution in [3.63, 3.8) is 0 Å². The molecule has 10 atom stereocenters. The minimum absolute atomic E-state index is 0.000254. The average Bonchev–Trinajstić information content (AvgIpc) is 3.93. The molecule has 0 aromatic heterocycles. The molecule has 1 aromatic carbocycles. The number of hydrogen-bond acceptors (Lipinski definition) is 10. The van der Waals surface area contributed by atoms with Crippen molar-refractivity contribution in [1.82, 2.24) is 10.6 Å². The highest BCUT2D eigenvalue weighted by molar-refractivity contribution is 5.93. The lowest BCUT2D eigenvalue weighted by Gasteiger charge is -2.56. The molecule has 0 radical (unpaired) electrons. The van der Waals surface area contributed by atoms with Crippen LogP contribution in [0.25, 0.3) is 0 Å². The topological polar surface area (TPSA) is 164 Å². The third kappa shape index (κ3) is 7.56. The second kappa shape index (κ2) is 17.0. The molecule has 5 N–H and O–H groups in total. The fourth-order valence-electron chi connectivity index (χ4n) is 14.9. The Hall–Kier alpha value is -3.33. The Morgan fingerprint density at radius 2 is 1.70 bits per heavy atom. The molecule has 5 fully saturated rings. The first kappa shape index (κ1) is 42.9. The van der Waals surface area contributed by atoms with Gasteiger partial charge in [-0.3, -0.25) is 9.59 Å². The first-order valence-corrected chi connectivity index (χ1v) is 24.1. The number of aliphatic hydroxyl groups is 2. The summed E-state index contributed by atoms with van der Waals surface area (Å²) >= 11 is 0. The fourth-order valence-corrected chi connectivity index (χ4v) is 14.9. The third-order valence-corrected chi connectivity index (χ3v) is 17.7. The third-order valence-electron chi connectivity index (χ3n) is 17.7. The van der Waals surface area contributed by atoms with Crippen molar-refractivity contribution in [1.29, 1.82) is 0 Å². The van der Waals surface area contributed by atoms with Crippen LogP contribution in [0.3, 0.4) is 0 Å². The standard InChI is InChI=1S/C50H70N2O9/c1-31(54)24-33-10-9-11-34-26-38-39(48(30-53)17-7-8-18-48)29-59-44-40(56)14-13-37(42(38)44)43(34)49(20-22-51-23-21-49)41(27-36(25-33)60-32(2)55)61-46(58)50-19-4-3-12-35(50)28-47(45(57)52-50)15-5-6-16-47/h13-14,31,33-36,38-39,41,43,51,53-54,56H,3-8,10,12,15-30H2,1-2H3,(H,52,57). The fraction of sp³-hybridized carbons (Fsp3) is 0.780. The molecule has 3 saturated carbocycles. The number of rotatable bonds is 7. The van der Waals surface area contributed by atoms with Gasteiger partial charge in [-0.05, 0) is 126 Å². The Morgan fingerprint density at radius 3 is 2.43 bits per heavy atom. The maximum Gasteiger partial charge on any atom is 0.332 e. The number of hydrogen-bond donors (Lipinski definition) is 5. The largest absolute Gasteiger partial charge is 0.504 e. The van der Waals surface area contributed by atoms with Crippen LogP contribution in [0, 0.1) is 51.8 Å². The molecule has 334 valence electrons. The van der Waals surface area contributed by atoms with Gasteiger partial charge in [-0.15, -0.1) is 5.92 Å². The van der Waals surface area contributed by atoms with E-state index in [1.54, 1.807) is 13.0 Å². The summed E-state index contributed by atoms with van der Waals surface area (Å²) in [5.74, 6) is 6.92. The molecule has 8 aliphatic rings. The van der Waals surface area contributed by atoms with Gasteiger partial charge in [0.1, 0.15) is 17.7 Å². The highest BCUT2D eigenvalue weighted by Crippen LogP contribution is 2.65. The monoisotopic (exact) mass is 843 g/mol. The molecule has 2 saturated heterocycles. The number of ether oxygens (including phenoxy) is 3. The van der Waals surface area contributed by atoms with Gasteiger partial charge in [0.15, 0.2) is 11.5 Å². The lowest BCUT2D eigenvalue weighted by atomic mass is 9.51. The number of carbonyl (C=O) groups is 3. The predicted octanol–water partition coefficient (Wildman–Crippen LogP) is 6.94. The summed E-state index contributed by atoms with van der Waals surface area (Å²) in [6.45, 7) is 5.11. The Bertz CT molecular complexity index is 1880. The van der Waals surface area contributed by atoms with Crippen LogP contribution in [0.4, 0.5) is 0 Å². The van der Waals surface area contributed by atoms with E-state index >= 15 is 4.79 Å². The summed E-state index contributed by atoms with van der Waals surface area (Å²) in [4.78, 5) is 42.7. The van der Waals surface area contributed by atoms with Gasteiger partial charge >= 0.3 is 11.9 Å². The van der Waals surface area contributed by atoms with Crippen molar-refractivity contribution >= 4 is 17.8 Å². The zero-order valence-corrected chi connectivity index (χ0v) is 36.6. The van der Waals surface area contributed by atoms with Crippen molar-refractivity contribution in [2.75, 3.05) is 26.3 Å². The van der Waals surface area contributed by atoms with E-state index in [4.69, 9.17) is 14.2 Å². The zero-order chi connectivity index (χ0) is 42.6. The van der Waals surface area contributed by atoms with Crippen LogP contribution in [0.15, 0.2) is 12.1 Å². The van der Waals surface area contributed by atoms with Gasteiger partial charge in [-0.25, -0.2) is 4.79 Å². The molecule has 11 heteroatoms. The molecule has 9 rings (SSSR count). The van der Waals surface area contributed by atoms with Gasteiger partial charge in [0.2, 0.25) is 5.91 Å². The smallest absolute Gasteiger partial charge is 0.332 e. The van der Waals surface area contributed by atoms with E-state index in [1.807, 2.05) is 0 Å². The Kier molecular flexibility index (Phi) is 12.0. The number of fused-ring (bicyclic) bond motifs is 4. The highest BCUT2D eigenvalue weighted by atomic mass is 16.6. The van der Waals surface area contributed by atoms with Crippen LogP contribution in [0.2, 0.25) is 0 Å². The summed E-state index contributed by atoms with van der Waals surface area (Å²) < 4.78 is 20.0. The molecule has 1 aromatic rings. The average molecular weight is 843 g/mol. The minimum Gasteiger partial charge on any atom is -0.504 e. The lowest BCUT2D eigenvalue weighted by Crippen LogP contribution is -2.69. The van der Waals surface area contributed by atoms with Gasteiger partial charge in [0.25, 0.3) is 0 Å². The highest BCUT2D eigenvalue weighted by Gasteiger charge is 2.62. The molecule has 61 heavy (non-hydrogen) atoms. The van der Waals surface area contributed by atoms with E-state index in [9.17, 15) is 24.9 Å². The van der Waals surface area contributed by atoms with Gasteiger partial charge in [0.05, 0.1) is 12.7 Å². The van der Waals surface area contributed by atoms with Crippen molar-refractivity contribution < 1.29 is 43.9 Å². The maximum atomic E-state index is 15.5. The quantitative estimate of drug-likeness (QED) is 0.144. The van der Waals surface area contributed by atoms with E-state index in [0.29, 0.717) is 76.8 Å². The van der Waals surface area contributed by atoms with Crippen LogP contribution in [-0.4, -0.2) is 83.3 Å². The summed E-state index contributed by atoms with van der Waals surface area (Å²) in [5.41, 5.74) is -0.405. The van der Waals surface area contributed by atoms with Gasteiger partial charge in [0, 0.05) is 65.9 Å². The molecule has 5 aliphatic carbocycles. The van der Waals surface area contributed by atoms with Crippen LogP contribution in [0.1, 0.15) is 165 Å². The first-order valence-electron chi connectivity index (χ1n) is 24.1. The first-order chi connectivity index (χ1) is 29.4. The molecule has 11 nitrogen and oxygen atoms in total. The van der Waals surface area contributed by atoms with E-state index in [1.165, 1.54) is 6.92 Å². The molecular formula is C50H70N2O9. The molecule has 2 spiro atoms. The van der Waals surface area contributed by atoms with E-state index in [2.05, 4.69) is 28.5 Å². The van der Waals surface area contributed by atoms with Crippen LogP contribution in [0.5, 0.6) is 11.5 Å². The summed E-state index contributed by atoms with van der Waals surface area (Å²) in [6, 6.07) is 3.81. The van der Waals surface area contributed by atoms with Crippen molar-refractivity contribution in [2.24, 2.45) is 39.9 Å². The molecule has 1 amide bonds. The Labute approximate surface area is 362 Å². The number of phenolic OH excluding ortho intramolecular Hbond substituents is 1. The predicted molar refractivity (Wildman–Crippen MR) is 228 cm³/mol. The zero-order valence-electron chi connectivity index (χ0n) is 36.6. The van der Waals surface area contributed by atoms with Crippen LogP contribution in [-0.2, 0) is 23.9 Å². The maximum absolute atomic E-state index is 15.5. The molecule has 3 aliphatic heterocycles. The minimum atomic E-state index is -1.12. The second-order valence-corrected chi connectivity index (χ2v) is 21.1. The van der Waals surface area contributed by atoms with E-state index < -0.39 is 40.7 Å². The molecule has 0 bridgehead atoms. The number of carbonyl (C=O) groups excluding carboxylic acids is 3. The van der Waals surface area contributed by atoms with Crippen molar-refractivity contribution in [3.05, 3.63) is 23.3 Å². The second-order valence-electron chi connectivity index (χ2n) is 21.1. The van der Waals surface area contributed by atoms with E-state index in [-0.39, 0.29) is 71.6 Å². The SMILES string of the molecule is CC(=O)OC1CC(CC(C)O)CC#CC2CC3c4c(ccc(O)c4OCC3C3(CO)CCCC3)C2C2(CCNCC2)C(OC(=O)C23CCCCC2CC2(CCCC2)C(=O)N3)C1. The molecule has 3 heterocycles. The molecule has 10 unspecified atom stereocenters. The number of esters is 2. The Balaban J connectivity index is 1.19. The summed E-state index contributed by atoms with van der Waals surface area (Å²) in [6.07, 6.45) is 13.7. The number of phenols is 1. The van der Waals surface area contributed by atoms with Crippen molar-refractivity contribution in [3.8, 4) is 23.3 Å². The lowest BCUT2D eigenvalue weighted by molar-refractivity contribution is -0.184. The number of aliphatic hydroxyl groups excluding tert-OH is 2. The van der Waals surface area contributed by atoms with E-state index in [0.717, 1.165) is 81.8 Å². The number of aromatic hydroxyl groups is 1. The van der Waals surface area contributed by atoms with Crippen LogP contribution >= 0.6 is 0 Å². The molecular weight excluding hydrogens is 773 g/mol. The number of amides is 1. The normalized spacial score (nSPS) is 36.4.